The average Bonchev–Trinajstić information content (AvgIpc) is 2.52. The van der Waals surface area contributed by atoms with E-state index < -0.39 is 12.1 Å². The molecular weight excluding hydrogens is 270 g/mol. The van der Waals surface area contributed by atoms with Crippen LogP contribution in [-0.4, -0.2) is 23.7 Å². The Labute approximate surface area is 124 Å². The van der Waals surface area contributed by atoms with Crippen molar-refractivity contribution < 1.29 is 19.4 Å². The molecule has 1 aliphatic rings. The summed E-state index contributed by atoms with van der Waals surface area (Å²) in [5.74, 6) is -1.12. The molecule has 2 unspecified atom stereocenters. The number of carbonyl (C=O) groups excluding carboxylic acids is 1. The van der Waals surface area contributed by atoms with Gasteiger partial charge in [-0.25, -0.2) is 4.79 Å². The van der Waals surface area contributed by atoms with E-state index in [9.17, 15) is 14.7 Å². The number of carboxylic acids is 1. The van der Waals surface area contributed by atoms with E-state index in [2.05, 4.69) is 5.32 Å². The lowest BCUT2D eigenvalue weighted by molar-refractivity contribution is -0.144. The highest BCUT2D eigenvalue weighted by molar-refractivity contribution is 5.71. The minimum absolute atomic E-state index is 0.000486. The van der Waals surface area contributed by atoms with Crippen molar-refractivity contribution in [1.29, 1.82) is 0 Å². The number of ether oxygens (including phenoxy) is 1. The SMILES string of the molecule is O=C(NCC1CCCCC1C(=O)O)OCc1ccccc1. The minimum atomic E-state index is -0.765. The highest BCUT2D eigenvalue weighted by atomic mass is 16.5. The third kappa shape index (κ3) is 4.77. The van der Waals surface area contributed by atoms with Crippen LogP contribution in [0.15, 0.2) is 30.3 Å². The predicted octanol–water partition coefficient (Wildman–Crippen LogP) is 2.80. The Balaban J connectivity index is 1.74. The number of alkyl carbamates (subject to hydrolysis) is 1. The van der Waals surface area contributed by atoms with Crippen molar-refractivity contribution in [2.75, 3.05) is 6.54 Å². The van der Waals surface area contributed by atoms with Gasteiger partial charge in [0.15, 0.2) is 0 Å². The van der Waals surface area contributed by atoms with Gasteiger partial charge < -0.3 is 15.2 Å². The molecule has 2 N–H and O–H groups in total. The predicted molar refractivity (Wildman–Crippen MR) is 77.7 cm³/mol. The van der Waals surface area contributed by atoms with Crippen molar-refractivity contribution in [3.8, 4) is 0 Å². The number of aliphatic carboxylic acids is 1. The normalized spacial score (nSPS) is 21.5. The molecule has 5 nitrogen and oxygen atoms in total. The molecule has 0 radical (unpaired) electrons. The fraction of sp³-hybridized carbons (Fsp3) is 0.500. The van der Waals surface area contributed by atoms with Crippen molar-refractivity contribution in [2.24, 2.45) is 11.8 Å². The van der Waals surface area contributed by atoms with Crippen molar-refractivity contribution >= 4 is 12.1 Å². The van der Waals surface area contributed by atoms with E-state index in [1.807, 2.05) is 30.3 Å². The monoisotopic (exact) mass is 291 g/mol. The zero-order chi connectivity index (χ0) is 15.1. The number of carboxylic acid groups (broad SMARTS) is 1. The van der Waals surface area contributed by atoms with E-state index in [0.29, 0.717) is 13.0 Å². The molecule has 1 saturated carbocycles. The lowest BCUT2D eigenvalue weighted by atomic mass is 9.79. The van der Waals surface area contributed by atoms with Crippen LogP contribution in [0.4, 0.5) is 4.79 Å². The largest absolute Gasteiger partial charge is 0.481 e. The van der Waals surface area contributed by atoms with E-state index in [4.69, 9.17) is 4.74 Å². The standard InChI is InChI=1S/C16H21NO4/c18-15(19)14-9-5-4-8-13(14)10-17-16(20)21-11-12-6-2-1-3-7-12/h1-3,6-7,13-14H,4-5,8-11H2,(H,17,20)(H,18,19). The minimum Gasteiger partial charge on any atom is -0.481 e. The van der Waals surface area contributed by atoms with Gasteiger partial charge in [0.05, 0.1) is 5.92 Å². The van der Waals surface area contributed by atoms with Crippen molar-refractivity contribution in [1.82, 2.24) is 5.32 Å². The van der Waals surface area contributed by atoms with Crippen LogP contribution in [0, 0.1) is 11.8 Å². The molecule has 2 atom stereocenters. The maximum Gasteiger partial charge on any atom is 0.407 e. The molecule has 1 aromatic rings. The van der Waals surface area contributed by atoms with Crippen LogP contribution in [-0.2, 0) is 16.1 Å². The van der Waals surface area contributed by atoms with E-state index in [1.54, 1.807) is 0 Å². The molecule has 2 rings (SSSR count). The topological polar surface area (TPSA) is 75.6 Å². The summed E-state index contributed by atoms with van der Waals surface area (Å²) in [5.41, 5.74) is 0.925. The van der Waals surface area contributed by atoms with Gasteiger partial charge in [-0.05, 0) is 24.3 Å². The van der Waals surface area contributed by atoms with Crippen LogP contribution < -0.4 is 5.32 Å². The molecule has 114 valence electrons. The second-order valence-corrected chi connectivity index (χ2v) is 5.43. The quantitative estimate of drug-likeness (QED) is 0.874. The molecule has 0 aliphatic heterocycles. The maximum atomic E-state index is 11.7. The van der Waals surface area contributed by atoms with Gasteiger partial charge in [-0.3, -0.25) is 4.79 Å². The van der Waals surface area contributed by atoms with E-state index in [1.165, 1.54) is 0 Å². The Bertz CT molecular complexity index is 474. The van der Waals surface area contributed by atoms with E-state index in [0.717, 1.165) is 24.8 Å². The molecule has 0 heterocycles. The summed E-state index contributed by atoms with van der Waals surface area (Å²) >= 11 is 0. The summed E-state index contributed by atoms with van der Waals surface area (Å²) < 4.78 is 5.12. The van der Waals surface area contributed by atoms with Gasteiger partial charge in [-0.1, -0.05) is 43.2 Å². The van der Waals surface area contributed by atoms with Gasteiger partial charge in [-0.2, -0.15) is 0 Å². The Morgan fingerprint density at radius 3 is 2.62 bits per heavy atom. The fourth-order valence-electron chi connectivity index (χ4n) is 2.77. The second kappa shape index (κ2) is 7.67. The Morgan fingerprint density at radius 1 is 1.19 bits per heavy atom. The Morgan fingerprint density at radius 2 is 1.90 bits per heavy atom. The summed E-state index contributed by atoms with van der Waals surface area (Å²) in [6.07, 6.45) is 3.02. The van der Waals surface area contributed by atoms with Gasteiger partial charge in [0.2, 0.25) is 0 Å². The van der Waals surface area contributed by atoms with Crippen LogP contribution in [0.2, 0.25) is 0 Å². The van der Waals surface area contributed by atoms with Gasteiger partial charge in [0, 0.05) is 6.54 Å². The van der Waals surface area contributed by atoms with Gasteiger partial charge in [0.25, 0.3) is 0 Å². The molecule has 1 amide bonds. The van der Waals surface area contributed by atoms with Gasteiger partial charge in [-0.15, -0.1) is 0 Å². The highest BCUT2D eigenvalue weighted by Gasteiger charge is 2.30. The van der Waals surface area contributed by atoms with Crippen molar-refractivity contribution in [3.63, 3.8) is 0 Å². The highest BCUT2D eigenvalue weighted by Crippen LogP contribution is 2.29. The third-order valence-electron chi connectivity index (χ3n) is 3.95. The number of benzene rings is 1. The molecular formula is C16H21NO4. The van der Waals surface area contributed by atoms with Crippen LogP contribution >= 0.6 is 0 Å². The average molecular weight is 291 g/mol. The smallest absolute Gasteiger partial charge is 0.407 e. The summed E-state index contributed by atoms with van der Waals surface area (Å²) in [4.78, 5) is 22.8. The summed E-state index contributed by atoms with van der Waals surface area (Å²) in [6.45, 7) is 0.588. The summed E-state index contributed by atoms with van der Waals surface area (Å²) in [6, 6.07) is 9.44. The van der Waals surface area contributed by atoms with Crippen molar-refractivity contribution in [2.45, 2.75) is 32.3 Å². The van der Waals surface area contributed by atoms with Crippen LogP contribution in [0.25, 0.3) is 0 Å². The first kappa shape index (κ1) is 15.4. The number of amides is 1. The number of hydrogen-bond acceptors (Lipinski definition) is 3. The maximum absolute atomic E-state index is 11.7. The zero-order valence-electron chi connectivity index (χ0n) is 12.0. The third-order valence-corrected chi connectivity index (χ3v) is 3.95. The molecule has 1 fully saturated rings. The molecule has 5 heteroatoms. The van der Waals surface area contributed by atoms with Crippen molar-refractivity contribution in [3.05, 3.63) is 35.9 Å². The molecule has 0 aromatic heterocycles. The first-order valence-corrected chi connectivity index (χ1v) is 7.34. The molecule has 0 spiro atoms. The van der Waals surface area contributed by atoms with Crippen LogP contribution in [0.3, 0.4) is 0 Å². The number of nitrogens with one attached hydrogen (secondary N) is 1. The first-order valence-electron chi connectivity index (χ1n) is 7.34. The molecule has 0 bridgehead atoms. The summed E-state index contributed by atoms with van der Waals surface area (Å²) in [5, 5.41) is 11.9. The van der Waals surface area contributed by atoms with Gasteiger partial charge >= 0.3 is 12.1 Å². The Hall–Kier alpha value is -2.04. The lowest BCUT2D eigenvalue weighted by Crippen LogP contribution is -2.37. The Kier molecular flexibility index (Phi) is 5.60. The molecule has 0 saturated heterocycles. The first-order chi connectivity index (χ1) is 10.2. The second-order valence-electron chi connectivity index (χ2n) is 5.43. The summed E-state index contributed by atoms with van der Waals surface area (Å²) in [7, 11) is 0. The fourth-order valence-corrected chi connectivity index (χ4v) is 2.77. The molecule has 21 heavy (non-hydrogen) atoms. The van der Waals surface area contributed by atoms with Crippen LogP contribution in [0.1, 0.15) is 31.2 Å². The van der Waals surface area contributed by atoms with Crippen LogP contribution in [0.5, 0.6) is 0 Å². The van der Waals surface area contributed by atoms with E-state index in [-0.39, 0.29) is 18.4 Å². The number of rotatable bonds is 5. The van der Waals surface area contributed by atoms with E-state index >= 15 is 0 Å². The molecule has 1 aromatic carbocycles. The number of carbonyl (C=O) groups is 2. The lowest BCUT2D eigenvalue weighted by Gasteiger charge is -2.28. The zero-order valence-corrected chi connectivity index (χ0v) is 12.0. The van der Waals surface area contributed by atoms with Gasteiger partial charge in [0.1, 0.15) is 6.61 Å². The molecule has 1 aliphatic carbocycles. The number of hydrogen-bond donors (Lipinski definition) is 2.